The molecule has 2 aromatic carbocycles. The molecule has 1 heterocycles. The summed E-state index contributed by atoms with van der Waals surface area (Å²) in [6.07, 6.45) is 0. The number of nitrogens with zero attached hydrogens (tertiary/aromatic N) is 3. The van der Waals surface area contributed by atoms with Crippen LogP contribution in [0.25, 0.3) is 17.1 Å². The first-order chi connectivity index (χ1) is 10.2. The highest BCUT2D eigenvalue weighted by Crippen LogP contribution is 2.26. The van der Waals surface area contributed by atoms with Crippen LogP contribution in [0.15, 0.2) is 48.5 Å². The lowest BCUT2D eigenvalue weighted by molar-refractivity contribution is 0.861. The molecule has 0 fully saturated rings. The summed E-state index contributed by atoms with van der Waals surface area (Å²) in [6.45, 7) is 2.29. The lowest BCUT2D eigenvalue weighted by atomic mass is 10.1. The summed E-state index contributed by atoms with van der Waals surface area (Å²) in [7, 11) is 0. The van der Waals surface area contributed by atoms with Crippen molar-refractivity contribution in [3.63, 3.8) is 0 Å². The molecular weight excluding hydrogens is 284 g/mol. The predicted octanol–water partition coefficient (Wildman–Crippen LogP) is 3.35. The average Bonchev–Trinajstić information content (AvgIpc) is 2.95. The van der Waals surface area contributed by atoms with Gasteiger partial charge >= 0.3 is 0 Å². The van der Waals surface area contributed by atoms with Gasteiger partial charge < -0.3 is 5.73 Å². The molecule has 0 amide bonds. The monoisotopic (exact) mass is 298 g/mol. The molecule has 1 aromatic heterocycles. The molecule has 0 radical (unpaired) electrons. The van der Waals surface area contributed by atoms with Gasteiger partial charge in [-0.2, -0.15) is 0 Å². The van der Waals surface area contributed by atoms with Crippen LogP contribution in [0.4, 0.5) is 0 Å². The number of para-hydroxylation sites is 1. The Balaban J connectivity index is 2.20. The van der Waals surface area contributed by atoms with Crippen LogP contribution < -0.4 is 5.73 Å². The van der Waals surface area contributed by atoms with E-state index in [-0.39, 0.29) is 0 Å². The summed E-state index contributed by atoms with van der Waals surface area (Å²) in [5, 5.41) is 9.18. The molecule has 21 heavy (non-hydrogen) atoms. The van der Waals surface area contributed by atoms with Crippen molar-refractivity contribution in [2.24, 2.45) is 5.73 Å². The molecular formula is C16H15ClN4. The number of halogens is 1. The molecule has 3 rings (SSSR count). The Bertz CT molecular complexity index is 765. The smallest absolute Gasteiger partial charge is 0.168 e. The Hall–Kier alpha value is -2.17. The number of nitrogens with two attached hydrogens (primary N) is 1. The predicted molar refractivity (Wildman–Crippen MR) is 84.4 cm³/mol. The summed E-state index contributed by atoms with van der Waals surface area (Å²) >= 11 is 6.22. The second-order valence-corrected chi connectivity index (χ2v) is 5.19. The summed E-state index contributed by atoms with van der Waals surface area (Å²) < 4.78 is 1.96. The maximum Gasteiger partial charge on any atom is 0.168 e. The third-order valence-electron chi connectivity index (χ3n) is 3.36. The highest BCUT2D eigenvalue weighted by Gasteiger charge is 2.15. The van der Waals surface area contributed by atoms with Crippen molar-refractivity contribution < 1.29 is 0 Å². The molecule has 3 aromatic rings. The largest absolute Gasteiger partial charge is 0.324 e. The van der Waals surface area contributed by atoms with Crippen LogP contribution in [-0.4, -0.2) is 14.8 Å². The highest BCUT2D eigenvalue weighted by molar-refractivity contribution is 6.31. The van der Waals surface area contributed by atoms with Crippen molar-refractivity contribution in [3.8, 4) is 17.1 Å². The van der Waals surface area contributed by atoms with Gasteiger partial charge in [-0.1, -0.05) is 41.9 Å². The van der Waals surface area contributed by atoms with E-state index in [0.29, 0.717) is 17.4 Å². The van der Waals surface area contributed by atoms with E-state index >= 15 is 0 Å². The molecule has 5 heteroatoms. The molecule has 106 valence electrons. The van der Waals surface area contributed by atoms with Gasteiger partial charge in [0.1, 0.15) is 0 Å². The first-order valence-corrected chi connectivity index (χ1v) is 7.05. The zero-order valence-corrected chi connectivity index (χ0v) is 12.4. The number of aromatic nitrogens is 3. The Morgan fingerprint density at radius 1 is 1.10 bits per heavy atom. The first-order valence-electron chi connectivity index (χ1n) is 6.67. The van der Waals surface area contributed by atoms with Gasteiger partial charge in [-0.05, 0) is 30.7 Å². The number of benzene rings is 2. The van der Waals surface area contributed by atoms with Crippen LogP contribution in [0.1, 0.15) is 11.4 Å². The van der Waals surface area contributed by atoms with E-state index in [4.69, 9.17) is 17.3 Å². The van der Waals surface area contributed by atoms with E-state index in [1.807, 2.05) is 60.0 Å². The second kappa shape index (κ2) is 5.68. The highest BCUT2D eigenvalue weighted by atomic mass is 35.5. The maximum absolute atomic E-state index is 6.22. The standard InChI is InChI=1S/C16H15ClN4/c1-11-7-8-12(9-14(11)17)16-20-19-15(10-18)21(16)13-5-3-2-4-6-13/h2-9H,10,18H2,1H3. The molecule has 2 N–H and O–H groups in total. The zero-order chi connectivity index (χ0) is 14.8. The zero-order valence-electron chi connectivity index (χ0n) is 11.6. The van der Waals surface area contributed by atoms with E-state index in [9.17, 15) is 0 Å². The molecule has 4 nitrogen and oxygen atoms in total. The quantitative estimate of drug-likeness (QED) is 0.806. The van der Waals surface area contributed by atoms with Gasteiger partial charge in [-0.15, -0.1) is 10.2 Å². The molecule has 0 atom stereocenters. The Labute approximate surface area is 128 Å². The molecule has 0 aliphatic rings. The Morgan fingerprint density at radius 2 is 1.86 bits per heavy atom. The fourth-order valence-electron chi connectivity index (χ4n) is 2.22. The van der Waals surface area contributed by atoms with E-state index in [1.165, 1.54) is 0 Å². The topological polar surface area (TPSA) is 56.7 Å². The summed E-state index contributed by atoms with van der Waals surface area (Å²) in [5.74, 6) is 1.46. The van der Waals surface area contributed by atoms with Crippen molar-refractivity contribution in [3.05, 3.63) is 64.9 Å². The Morgan fingerprint density at radius 3 is 2.52 bits per heavy atom. The number of hydrogen-bond acceptors (Lipinski definition) is 3. The molecule has 0 spiro atoms. The summed E-state index contributed by atoms with van der Waals surface area (Å²) in [6, 6.07) is 15.8. The molecule has 0 unspecified atom stereocenters. The second-order valence-electron chi connectivity index (χ2n) is 4.78. The number of hydrogen-bond donors (Lipinski definition) is 1. The lowest BCUT2D eigenvalue weighted by Crippen LogP contribution is -2.07. The van der Waals surface area contributed by atoms with Crippen molar-refractivity contribution in [1.29, 1.82) is 0 Å². The van der Waals surface area contributed by atoms with Crippen LogP contribution in [0.3, 0.4) is 0 Å². The molecule has 0 aliphatic carbocycles. The van der Waals surface area contributed by atoms with Gasteiger partial charge in [-0.3, -0.25) is 4.57 Å². The fraction of sp³-hybridized carbons (Fsp3) is 0.125. The maximum atomic E-state index is 6.22. The third kappa shape index (κ3) is 2.55. The SMILES string of the molecule is Cc1ccc(-c2nnc(CN)n2-c2ccccc2)cc1Cl. The number of rotatable bonds is 3. The first kappa shape index (κ1) is 13.8. The minimum absolute atomic E-state index is 0.321. The fourth-order valence-corrected chi connectivity index (χ4v) is 2.40. The normalized spacial score (nSPS) is 10.8. The van der Waals surface area contributed by atoms with Crippen LogP contribution >= 0.6 is 11.6 Å². The minimum Gasteiger partial charge on any atom is -0.324 e. The van der Waals surface area contributed by atoms with Gasteiger partial charge in [-0.25, -0.2) is 0 Å². The molecule has 0 saturated heterocycles. The van der Waals surface area contributed by atoms with Crippen LogP contribution in [0, 0.1) is 6.92 Å². The molecule has 0 aliphatic heterocycles. The molecule has 0 saturated carbocycles. The van der Waals surface area contributed by atoms with Crippen molar-refractivity contribution >= 4 is 11.6 Å². The van der Waals surface area contributed by atoms with Crippen LogP contribution in [-0.2, 0) is 6.54 Å². The molecule has 0 bridgehead atoms. The summed E-state index contributed by atoms with van der Waals surface area (Å²) in [5.41, 5.74) is 8.72. The van der Waals surface area contributed by atoms with Gasteiger partial charge in [0.2, 0.25) is 0 Å². The average molecular weight is 299 g/mol. The van der Waals surface area contributed by atoms with Gasteiger partial charge in [0, 0.05) is 16.3 Å². The van der Waals surface area contributed by atoms with Gasteiger partial charge in [0.25, 0.3) is 0 Å². The Kier molecular flexibility index (Phi) is 3.73. The van der Waals surface area contributed by atoms with Crippen molar-refractivity contribution in [2.75, 3.05) is 0 Å². The van der Waals surface area contributed by atoms with Crippen LogP contribution in [0.5, 0.6) is 0 Å². The van der Waals surface area contributed by atoms with E-state index in [0.717, 1.165) is 22.6 Å². The van der Waals surface area contributed by atoms with Gasteiger partial charge in [0.05, 0.1) is 6.54 Å². The lowest BCUT2D eigenvalue weighted by Gasteiger charge is -2.10. The van der Waals surface area contributed by atoms with Crippen molar-refractivity contribution in [1.82, 2.24) is 14.8 Å². The van der Waals surface area contributed by atoms with E-state index in [2.05, 4.69) is 10.2 Å². The van der Waals surface area contributed by atoms with Crippen molar-refractivity contribution in [2.45, 2.75) is 13.5 Å². The van der Waals surface area contributed by atoms with Crippen LogP contribution in [0.2, 0.25) is 5.02 Å². The van der Waals surface area contributed by atoms with E-state index in [1.54, 1.807) is 0 Å². The van der Waals surface area contributed by atoms with E-state index < -0.39 is 0 Å². The summed E-state index contributed by atoms with van der Waals surface area (Å²) in [4.78, 5) is 0. The van der Waals surface area contributed by atoms with Gasteiger partial charge in [0.15, 0.2) is 11.6 Å². The number of aryl methyl sites for hydroxylation is 1. The third-order valence-corrected chi connectivity index (χ3v) is 3.76. The minimum atomic E-state index is 0.321.